The monoisotopic (exact) mass is 506 g/mol. The molecule has 0 N–H and O–H groups in total. The van der Waals surface area contributed by atoms with Crippen LogP contribution in [-0.2, 0) is 9.53 Å². The summed E-state index contributed by atoms with van der Waals surface area (Å²) in [7, 11) is 1.58. The molecule has 0 spiro atoms. The van der Waals surface area contributed by atoms with E-state index in [1.54, 1.807) is 25.5 Å². The number of carbonyl (C=O) groups is 1. The van der Waals surface area contributed by atoms with E-state index in [-0.39, 0.29) is 12.2 Å². The van der Waals surface area contributed by atoms with Gasteiger partial charge in [-0.05, 0) is 61.2 Å². The minimum Gasteiger partial charge on any atom is -0.497 e. The molecule has 36 heavy (non-hydrogen) atoms. The zero-order valence-electron chi connectivity index (χ0n) is 21.1. The lowest BCUT2D eigenvalue weighted by molar-refractivity contribution is -0.139. The van der Waals surface area contributed by atoms with Gasteiger partial charge in [0, 0.05) is 0 Å². The van der Waals surface area contributed by atoms with E-state index < -0.39 is 12.0 Å². The first-order valence-corrected chi connectivity index (χ1v) is 12.7. The van der Waals surface area contributed by atoms with E-state index >= 15 is 0 Å². The Balaban J connectivity index is 1.82. The Kier molecular flexibility index (Phi) is 7.74. The zero-order valence-corrected chi connectivity index (χ0v) is 21.9. The minimum absolute atomic E-state index is 0.221. The number of hydrogen-bond donors (Lipinski definition) is 0. The van der Waals surface area contributed by atoms with Gasteiger partial charge in [-0.1, -0.05) is 49.4 Å². The van der Waals surface area contributed by atoms with Gasteiger partial charge < -0.3 is 14.2 Å². The molecule has 0 unspecified atom stereocenters. The number of nitrogens with zero attached hydrogens (tertiary/aromatic N) is 2. The molecule has 0 aliphatic carbocycles. The number of esters is 1. The molecule has 8 heteroatoms. The molecule has 3 aromatic rings. The first-order valence-electron chi connectivity index (χ1n) is 11.9. The molecule has 7 nitrogen and oxygen atoms in total. The van der Waals surface area contributed by atoms with Crippen LogP contribution in [0.25, 0.3) is 6.08 Å². The van der Waals surface area contributed by atoms with E-state index in [0.717, 1.165) is 16.9 Å². The Labute approximate surface area is 214 Å². The summed E-state index contributed by atoms with van der Waals surface area (Å²) < 4.78 is 18.6. The van der Waals surface area contributed by atoms with Crippen molar-refractivity contribution in [2.75, 3.05) is 20.3 Å². The predicted octanol–water partition coefficient (Wildman–Crippen LogP) is 3.84. The predicted molar refractivity (Wildman–Crippen MR) is 140 cm³/mol. The quantitative estimate of drug-likeness (QED) is 0.434. The second kappa shape index (κ2) is 11.0. The van der Waals surface area contributed by atoms with Crippen molar-refractivity contribution in [3.05, 3.63) is 90.6 Å². The standard InChI is InChI=1S/C28H30N2O5S/c1-6-34-27(32)24-18(4)29-28-30(25(24)20-8-7-9-22(15-20)33-5)26(31)23(36-28)14-19-10-12-21(13-11-19)35-16-17(2)3/h7-15,17,25H,6,16H2,1-5H3/b23-14+/t25-/m0/s1. The molecule has 0 amide bonds. The summed E-state index contributed by atoms with van der Waals surface area (Å²) in [5, 5.41) is 0. The van der Waals surface area contributed by atoms with Crippen molar-refractivity contribution in [2.45, 2.75) is 33.7 Å². The summed E-state index contributed by atoms with van der Waals surface area (Å²) in [5.41, 5.74) is 2.26. The van der Waals surface area contributed by atoms with E-state index in [2.05, 4.69) is 18.8 Å². The van der Waals surface area contributed by atoms with Crippen LogP contribution in [0.4, 0.5) is 0 Å². The van der Waals surface area contributed by atoms with E-state index in [9.17, 15) is 9.59 Å². The Morgan fingerprint density at radius 1 is 1.17 bits per heavy atom. The van der Waals surface area contributed by atoms with Gasteiger partial charge in [0.1, 0.15) is 11.5 Å². The summed E-state index contributed by atoms with van der Waals surface area (Å²) in [5.74, 6) is 1.37. The fraction of sp³-hybridized carbons (Fsp3) is 0.321. The molecule has 1 aromatic heterocycles. The highest BCUT2D eigenvalue weighted by Crippen LogP contribution is 2.32. The van der Waals surface area contributed by atoms with E-state index in [4.69, 9.17) is 14.2 Å². The molecule has 0 fully saturated rings. The van der Waals surface area contributed by atoms with Crippen molar-refractivity contribution >= 4 is 23.4 Å². The number of benzene rings is 2. The molecular formula is C28H30N2O5S. The molecule has 4 rings (SSSR count). The molecule has 1 aliphatic heterocycles. The SMILES string of the molecule is CCOC(=O)C1=C(C)N=c2s/c(=C/c3ccc(OCC(C)C)cc3)c(=O)n2[C@H]1c1cccc(OC)c1. The Morgan fingerprint density at radius 2 is 1.92 bits per heavy atom. The van der Waals surface area contributed by atoms with Crippen molar-refractivity contribution in [3.8, 4) is 11.5 Å². The van der Waals surface area contributed by atoms with Crippen LogP contribution in [0.1, 0.15) is 44.9 Å². The van der Waals surface area contributed by atoms with Crippen LogP contribution in [0.15, 0.2) is 69.6 Å². The number of rotatable bonds is 8. The van der Waals surface area contributed by atoms with Crippen LogP contribution >= 0.6 is 11.3 Å². The first kappa shape index (κ1) is 25.4. The van der Waals surface area contributed by atoms with E-state index in [1.807, 2.05) is 54.6 Å². The summed E-state index contributed by atoms with van der Waals surface area (Å²) in [4.78, 5) is 31.8. The van der Waals surface area contributed by atoms with Gasteiger partial charge in [-0.25, -0.2) is 9.79 Å². The summed E-state index contributed by atoms with van der Waals surface area (Å²) in [6, 6.07) is 14.3. The maximum absolute atomic E-state index is 13.7. The number of hydrogen-bond acceptors (Lipinski definition) is 7. The van der Waals surface area contributed by atoms with Crippen LogP contribution in [0, 0.1) is 5.92 Å². The lowest BCUT2D eigenvalue weighted by atomic mass is 9.95. The van der Waals surface area contributed by atoms with E-state index in [1.165, 1.54) is 11.3 Å². The number of fused-ring (bicyclic) bond motifs is 1. The molecule has 188 valence electrons. The summed E-state index contributed by atoms with van der Waals surface area (Å²) in [6.07, 6.45) is 1.84. The van der Waals surface area contributed by atoms with E-state index in [0.29, 0.717) is 38.9 Å². The van der Waals surface area contributed by atoms with Crippen LogP contribution in [-0.4, -0.2) is 30.9 Å². The Bertz CT molecular complexity index is 1460. The molecule has 0 saturated carbocycles. The Hall–Kier alpha value is -3.65. The van der Waals surface area contributed by atoms with Gasteiger partial charge >= 0.3 is 5.97 Å². The molecule has 2 heterocycles. The molecular weight excluding hydrogens is 476 g/mol. The number of methoxy groups -OCH3 is 1. The van der Waals surface area contributed by atoms with Gasteiger partial charge in [0.15, 0.2) is 4.80 Å². The third kappa shape index (κ3) is 5.28. The van der Waals surface area contributed by atoms with Crippen molar-refractivity contribution < 1.29 is 19.0 Å². The van der Waals surface area contributed by atoms with Gasteiger partial charge in [-0.2, -0.15) is 0 Å². The maximum Gasteiger partial charge on any atom is 0.338 e. The van der Waals surface area contributed by atoms with Gasteiger partial charge in [-0.15, -0.1) is 0 Å². The van der Waals surface area contributed by atoms with Crippen LogP contribution < -0.4 is 24.4 Å². The number of carbonyl (C=O) groups excluding carboxylic acids is 1. The highest BCUT2D eigenvalue weighted by atomic mass is 32.1. The van der Waals surface area contributed by atoms with Gasteiger partial charge in [0.25, 0.3) is 5.56 Å². The summed E-state index contributed by atoms with van der Waals surface area (Å²) in [6.45, 7) is 8.59. The average molecular weight is 507 g/mol. The normalized spacial score (nSPS) is 15.5. The van der Waals surface area contributed by atoms with Gasteiger partial charge in [0.05, 0.1) is 42.2 Å². The zero-order chi connectivity index (χ0) is 25.8. The second-order valence-electron chi connectivity index (χ2n) is 8.85. The van der Waals surface area contributed by atoms with Gasteiger partial charge in [0.2, 0.25) is 0 Å². The lowest BCUT2D eigenvalue weighted by Gasteiger charge is -2.25. The number of ether oxygens (including phenoxy) is 3. The molecule has 0 saturated heterocycles. The van der Waals surface area contributed by atoms with Crippen molar-refractivity contribution in [2.24, 2.45) is 10.9 Å². The third-order valence-electron chi connectivity index (χ3n) is 5.69. The van der Waals surface area contributed by atoms with Gasteiger partial charge in [-0.3, -0.25) is 9.36 Å². The van der Waals surface area contributed by atoms with Crippen molar-refractivity contribution in [1.82, 2.24) is 4.57 Å². The highest BCUT2D eigenvalue weighted by molar-refractivity contribution is 7.07. The fourth-order valence-electron chi connectivity index (χ4n) is 3.99. The molecule has 0 bridgehead atoms. The molecule has 0 radical (unpaired) electrons. The highest BCUT2D eigenvalue weighted by Gasteiger charge is 2.33. The smallest absolute Gasteiger partial charge is 0.338 e. The minimum atomic E-state index is -0.677. The van der Waals surface area contributed by atoms with Crippen molar-refractivity contribution in [3.63, 3.8) is 0 Å². The number of allylic oxidation sites excluding steroid dienone is 1. The van der Waals surface area contributed by atoms with Crippen LogP contribution in [0.3, 0.4) is 0 Å². The lowest BCUT2D eigenvalue weighted by Crippen LogP contribution is -2.39. The number of aromatic nitrogens is 1. The number of thiazole rings is 1. The second-order valence-corrected chi connectivity index (χ2v) is 9.86. The third-order valence-corrected chi connectivity index (χ3v) is 6.67. The topological polar surface area (TPSA) is 79.1 Å². The summed E-state index contributed by atoms with van der Waals surface area (Å²) >= 11 is 1.29. The molecule has 1 aliphatic rings. The molecule has 1 atom stereocenters. The maximum atomic E-state index is 13.7. The molecule has 2 aromatic carbocycles. The first-order chi connectivity index (χ1) is 17.3. The van der Waals surface area contributed by atoms with Crippen LogP contribution in [0.5, 0.6) is 11.5 Å². The Morgan fingerprint density at radius 3 is 2.58 bits per heavy atom. The average Bonchev–Trinajstić information content (AvgIpc) is 3.17. The largest absolute Gasteiger partial charge is 0.497 e. The van der Waals surface area contributed by atoms with Crippen LogP contribution in [0.2, 0.25) is 0 Å². The fourth-order valence-corrected chi connectivity index (χ4v) is 5.04. The van der Waals surface area contributed by atoms with Crippen molar-refractivity contribution in [1.29, 1.82) is 0 Å².